The predicted octanol–water partition coefficient (Wildman–Crippen LogP) is 5.09. The van der Waals surface area contributed by atoms with Crippen molar-refractivity contribution < 1.29 is 4.74 Å². The maximum absolute atomic E-state index is 6.22. The average Bonchev–Trinajstić information content (AvgIpc) is 2.65. The molecule has 0 N–H and O–H groups in total. The van der Waals surface area contributed by atoms with Gasteiger partial charge in [-0.05, 0) is 52.6 Å². The Bertz CT molecular complexity index is 519. The summed E-state index contributed by atoms with van der Waals surface area (Å²) in [7, 11) is 0. The SMILES string of the molecule is CC1(C)C2CCC1(C)C(Oc1ncc(Cl)cc1Br)C2. The molecule has 1 heterocycles. The zero-order chi connectivity index (χ0) is 13.8. The highest BCUT2D eigenvalue weighted by Crippen LogP contribution is 2.66. The van der Waals surface area contributed by atoms with Crippen molar-refractivity contribution in [1.29, 1.82) is 0 Å². The van der Waals surface area contributed by atoms with Gasteiger partial charge in [-0.3, -0.25) is 0 Å². The van der Waals surface area contributed by atoms with Crippen molar-refractivity contribution in [3.05, 3.63) is 21.8 Å². The minimum atomic E-state index is 0.248. The lowest BCUT2D eigenvalue weighted by Crippen LogP contribution is -2.39. The summed E-state index contributed by atoms with van der Waals surface area (Å²) in [5, 5.41) is 0.624. The van der Waals surface area contributed by atoms with Crippen LogP contribution < -0.4 is 4.74 Å². The maximum atomic E-state index is 6.22. The molecular formula is C15H19BrClNO. The molecule has 2 fully saturated rings. The first-order valence-corrected chi connectivity index (χ1v) is 7.99. The van der Waals surface area contributed by atoms with Crippen LogP contribution >= 0.6 is 27.5 Å². The second kappa shape index (κ2) is 4.36. The van der Waals surface area contributed by atoms with E-state index in [-0.39, 0.29) is 11.5 Å². The minimum absolute atomic E-state index is 0.248. The Hall–Kier alpha value is -0.280. The van der Waals surface area contributed by atoms with Crippen molar-refractivity contribution >= 4 is 27.5 Å². The van der Waals surface area contributed by atoms with Crippen LogP contribution in [0.15, 0.2) is 16.7 Å². The maximum Gasteiger partial charge on any atom is 0.228 e. The number of hydrogen-bond acceptors (Lipinski definition) is 2. The smallest absolute Gasteiger partial charge is 0.228 e. The Kier molecular flexibility index (Phi) is 3.14. The molecule has 0 spiro atoms. The monoisotopic (exact) mass is 343 g/mol. The summed E-state index contributed by atoms with van der Waals surface area (Å²) >= 11 is 9.40. The zero-order valence-corrected chi connectivity index (χ0v) is 13.9. The molecule has 2 aliphatic carbocycles. The molecule has 2 nitrogen and oxygen atoms in total. The third-order valence-electron chi connectivity index (χ3n) is 5.74. The fourth-order valence-corrected chi connectivity index (χ4v) is 4.66. The molecule has 0 saturated heterocycles. The van der Waals surface area contributed by atoms with Crippen LogP contribution in [-0.4, -0.2) is 11.1 Å². The highest BCUT2D eigenvalue weighted by Gasteiger charge is 2.62. The first-order chi connectivity index (χ1) is 8.84. The number of nitrogens with zero attached hydrogens (tertiary/aromatic N) is 1. The summed E-state index contributed by atoms with van der Waals surface area (Å²) in [5.74, 6) is 1.44. The molecule has 0 aliphatic heterocycles. The average molecular weight is 345 g/mol. The molecule has 4 heteroatoms. The van der Waals surface area contributed by atoms with E-state index in [9.17, 15) is 0 Å². The topological polar surface area (TPSA) is 22.1 Å². The van der Waals surface area contributed by atoms with Crippen LogP contribution in [-0.2, 0) is 0 Å². The molecule has 3 rings (SSSR count). The number of halogens is 2. The Morgan fingerprint density at radius 1 is 1.42 bits per heavy atom. The summed E-state index contributed by atoms with van der Waals surface area (Å²) in [6.07, 6.45) is 5.62. The zero-order valence-electron chi connectivity index (χ0n) is 11.5. The predicted molar refractivity (Wildman–Crippen MR) is 80.6 cm³/mol. The number of pyridine rings is 1. The van der Waals surface area contributed by atoms with E-state index in [1.54, 1.807) is 6.20 Å². The number of hydrogen-bond donors (Lipinski definition) is 0. The van der Waals surface area contributed by atoms with Gasteiger partial charge >= 0.3 is 0 Å². The van der Waals surface area contributed by atoms with Crippen LogP contribution in [0.25, 0.3) is 0 Å². The van der Waals surface area contributed by atoms with E-state index in [0.29, 0.717) is 16.3 Å². The van der Waals surface area contributed by atoms with Crippen molar-refractivity contribution in [1.82, 2.24) is 4.98 Å². The van der Waals surface area contributed by atoms with Crippen LogP contribution in [0.3, 0.4) is 0 Å². The molecule has 0 radical (unpaired) electrons. The largest absolute Gasteiger partial charge is 0.473 e. The first kappa shape index (κ1) is 13.7. The van der Waals surface area contributed by atoms with Crippen LogP contribution in [0, 0.1) is 16.7 Å². The molecule has 19 heavy (non-hydrogen) atoms. The third kappa shape index (κ3) is 1.92. The van der Waals surface area contributed by atoms with Gasteiger partial charge in [0.2, 0.25) is 5.88 Å². The Balaban J connectivity index is 1.86. The third-order valence-corrected chi connectivity index (χ3v) is 6.52. The van der Waals surface area contributed by atoms with Gasteiger partial charge in [0.1, 0.15) is 6.10 Å². The fourth-order valence-electron chi connectivity index (χ4n) is 3.93. The van der Waals surface area contributed by atoms with E-state index in [0.717, 1.165) is 16.8 Å². The Morgan fingerprint density at radius 2 is 2.16 bits per heavy atom. The summed E-state index contributed by atoms with van der Waals surface area (Å²) in [6, 6.07) is 1.84. The fraction of sp³-hybridized carbons (Fsp3) is 0.667. The lowest BCUT2D eigenvalue weighted by molar-refractivity contribution is 0.0268. The molecule has 104 valence electrons. The van der Waals surface area contributed by atoms with E-state index in [4.69, 9.17) is 16.3 Å². The summed E-state index contributed by atoms with van der Waals surface area (Å²) in [4.78, 5) is 4.30. The lowest BCUT2D eigenvalue weighted by atomic mass is 9.70. The first-order valence-electron chi connectivity index (χ1n) is 6.82. The van der Waals surface area contributed by atoms with Gasteiger partial charge in [-0.1, -0.05) is 32.4 Å². The van der Waals surface area contributed by atoms with Crippen LogP contribution in [0.1, 0.15) is 40.0 Å². The number of rotatable bonds is 2. The standard InChI is InChI=1S/C15H19BrClNO/c1-14(2)9-4-5-15(14,3)12(6-9)19-13-11(16)7-10(17)8-18-13/h7-9,12H,4-6H2,1-3H3. The number of aromatic nitrogens is 1. The van der Waals surface area contributed by atoms with E-state index >= 15 is 0 Å². The molecule has 1 aromatic rings. The lowest BCUT2D eigenvalue weighted by Gasteiger charge is -2.38. The molecule has 0 amide bonds. The van der Waals surface area contributed by atoms with Crippen LogP contribution in [0.2, 0.25) is 5.02 Å². The summed E-state index contributed by atoms with van der Waals surface area (Å²) < 4.78 is 7.05. The van der Waals surface area contributed by atoms with Crippen molar-refractivity contribution in [2.45, 2.75) is 46.1 Å². The second-order valence-electron chi connectivity index (χ2n) is 6.66. The van der Waals surface area contributed by atoms with Gasteiger partial charge in [-0.15, -0.1) is 0 Å². The highest BCUT2D eigenvalue weighted by molar-refractivity contribution is 9.10. The quantitative estimate of drug-likeness (QED) is 0.745. The molecule has 3 atom stereocenters. The van der Waals surface area contributed by atoms with E-state index in [1.165, 1.54) is 12.8 Å². The van der Waals surface area contributed by atoms with E-state index in [2.05, 4.69) is 41.7 Å². The molecule has 3 unspecified atom stereocenters. The second-order valence-corrected chi connectivity index (χ2v) is 7.95. The van der Waals surface area contributed by atoms with Gasteiger partial charge in [-0.2, -0.15) is 0 Å². The normalized spacial score (nSPS) is 35.6. The van der Waals surface area contributed by atoms with Crippen LogP contribution in [0.4, 0.5) is 0 Å². The van der Waals surface area contributed by atoms with E-state index in [1.807, 2.05) is 6.07 Å². The molecule has 1 aromatic heterocycles. The van der Waals surface area contributed by atoms with Crippen molar-refractivity contribution in [2.75, 3.05) is 0 Å². The van der Waals surface area contributed by atoms with Gasteiger partial charge in [0.15, 0.2) is 0 Å². The molecule has 0 aromatic carbocycles. The van der Waals surface area contributed by atoms with Gasteiger partial charge in [0.25, 0.3) is 0 Å². The van der Waals surface area contributed by atoms with Gasteiger partial charge in [0.05, 0.1) is 9.50 Å². The molecule has 2 bridgehead atoms. The summed E-state index contributed by atoms with van der Waals surface area (Å²) in [6.45, 7) is 7.14. The minimum Gasteiger partial charge on any atom is -0.473 e. The van der Waals surface area contributed by atoms with Gasteiger partial charge in [-0.25, -0.2) is 4.98 Å². The van der Waals surface area contributed by atoms with Crippen molar-refractivity contribution in [3.63, 3.8) is 0 Å². The number of fused-ring (bicyclic) bond motifs is 2. The highest BCUT2D eigenvalue weighted by atomic mass is 79.9. The molecular weight excluding hydrogens is 326 g/mol. The van der Waals surface area contributed by atoms with Crippen molar-refractivity contribution in [3.8, 4) is 5.88 Å². The summed E-state index contributed by atoms with van der Waals surface area (Å²) in [5.41, 5.74) is 0.606. The molecule has 2 aliphatic rings. The van der Waals surface area contributed by atoms with Crippen molar-refractivity contribution in [2.24, 2.45) is 16.7 Å². The Labute approximate surface area is 128 Å². The van der Waals surface area contributed by atoms with E-state index < -0.39 is 0 Å². The van der Waals surface area contributed by atoms with Crippen LogP contribution in [0.5, 0.6) is 5.88 Å². The van der Waals surface area contributed by atoms with Gasteiger partial charge < -0.3 is 4.74 Å². The van der Waals surface area contributed by atoms with Gasteiger partial charge in [0, 0.05) is 11.6 Å². The molecule has 2 saturated carbocycles. The number of ether oxygens (including phenoxy) is 1. The Morgan fingerprint density at radius 3 is 2.68 bits per heavy atom.